The van der Waals surface area contributed by atoms with Crippen molar-refractivity contribution in [3.8, 4) is 16.9 Å². The lowest BCUT2D eigenvalue weighted by Gasteiger charge is -2.22. The quantitative estimate of drug-likeness (QED) is 0.483. The molecule has 0 N–H and O–H groups in total. The van der Waals surface area contributed by atoms with Gasteiger partial charge in [0.05, 0.1) is 10.9 Å². The summed E-state index contributed by atoms with van der Waals surface area (Å²) in [5.74, 6) is 0.384. The number of rotatable bonds is 4. The first-order valence-electron chi connectivity index (χ1n) is 10.3. The lowest BCUT2D eigenvalue weighted by atomic mass is 10.1. The molecule has 5 rings (SSSR count). The van der Waals surface area contributed by atoms with Gasteiger partial charge in [-0.3, -0.25) is 9.59 Å². The van der Waals surface area contributed by atoms with Crippen molar-refractivity contribution < 1.29 is 13.9 Å². The van der Waals surface area contributed by atoms with E-state index in [9.17, 15) is 9.59 Å². The van der Waals surface area contributed by atoms with Crippen molar-refractivity contribution in [1.82, 2.24) is 0 Å². The molecule has 1 atom stereocenters. The summed E-state index contributed by atoms with van der Waals surface area (Å²) in [4.78, 5) is 27.5. The summed E-state index contributed by atoms with van der Waals surface area (Å²) in [6, 6.07) is 22.5. The summed E-state index contributed by atoms with van der Waals surface area (Å²) in [6.07, 6.45) is 2.31. The van der Waals surface area contributed by atoms with E-state index in [1.54, 1.807) is 23.1 Å². The van der Waals surface area contributed by atoms with Crippen molar-refractivity contribution >= 4 is 22.6 Å². The zero-order chi connectivity index (χ0) is 21.4. The van der Waals surface area contributed by atoms with Crippen LogP contribution in [0.15, 0.2) is 88.3 Å². The molecule has 4 aromatic rings. The Kier molecular flexibility index (Phi) is 4.79. The molecule has 1 aliphatic rings. The van der Waals surface area contributed by atoms with Gasteiger partial charge in [-0.1, -0.05) is 48.5 Å². The fourth-order valence-electron chi connectivity index (χ4n) is 4.18. The van der Waals surface area contributed by atoms with Crippen molar-refractivity contribution in [1.29, 1.82) is 0 Å². The number of anilines is 1. The van der Waals surface area contributed by atoms with Gasteiger partial charge in [-0.05, 0) is 42.7 Å². The highest BCUT2D eigenvalue weighted by molar-refractivity contribution is 5.97. The number of amides is 1. The number of para-hydroxylation sites is 1. The fourth-order valence-corrected chi connectivity index (χ4v) is 4.18. The van der Waals surface area contributed by atoms with Gasteiger partial charge < -0.3 is 14.1 Å². The predicted octanol–water partition coefficient (Wildman–Crippen LogP) is 4.82. The SMILES string of the molecule is C[C@H]1Cc2ccccc2N1C(=O)COc1ccc2c(=O)c(-c3ccccc3)coc2c1. The van der Waals surface area contributed by atoms with Crippen LogP contribution < -0.4 is 15.1 Å². The molecule has 0 saturated carbocycles. The second-order valence-electron chi connectivity index (χ2n) is 7.74. The van der Waals surface area contributed by atoms with Gasteiger partial charge in [0, 0.05) is 17.8 Å². The number of carbonyl (C=O) groups excluding carboxylic acids is 1. The van der Waals surface area contributed by atoms with Gasteiger partial charge in [0.1, 0.15) is 17.6 Å². The molecule has 154 valence electrons. The normalized spacial score (nSPS) is 15.1. The van der Waals surface area contributed by atoms with Gasteiger partial charge >= 0.3 is 0 Å². The van der Waals surface area contributed by atoms with Crippen LogP contribution in [-0.2, 0) is 11.2 Å². The van der Waals surface area contributed by atoms with Crippen molar-refractivity contribution in [3.05, 3.63) is 94.8 Å². The minimum absolute atomic E-state index is 0.0868. The van der Waals surface area contributed by atoms with E-state index in [2.05, 4.69) is 6.07 Å². The Morgan fingerprint density at radius 3 is 2.68 bits per heavy atom. The zero-order valence-electron chi connectivity index (χ0n) is 17.1. The Balaban J connectivity index is 1.36. The standard InChI is InChI=1S/C26H21NO4/c1-17-13-19-9-5-6-10-23(19)27(17)25(28)16-30-20-11-12-21-24(14-20)31-15-22(26(21)29)18-7-3-2-4-8-18/h2-12,14-15,17H,13,16H2,1H3/t17-/m0/s1. The molecule has 5 nitrogen and oxygen atoms in total. The van der Waals surface area contributed by atoms with Gasteiger partial charge in [0.15, 0.2) is 12.0 Å². The van der Waals surface area contributed by atoms with Gasteiger partial charge in [0.2, 0.25) is 0 Å². The van der Waals surface area contributed by atoms with Crippen LogP contribution >= 0.6 is 0 Å². The molecule has 1 amide bonds. The van der Waals surface area contributed by atoms with Crippen molar-refractivity contribution in [2.45, 2.75) is 19.4 Å². The van der Waals surface area contributed by atoms with Crippen molar-refractivity contribution in [3.63, 3.8) is 0 Å². The number of fused-ring (bicyclic) bond motifs is 2. The number of hydrogen-bond acceptors (Lipinski definition) is 4. The van der Waals surface area contributed by atoms with Gasteiger partial charge in [-0.15, -0.1) is 0 Å². The van der Waals surface area contributed by atoms with E-state index in [-0.39, 0.29) is 24.0 Å². The van der Waals surface area contributed by atoms with E-state index in [0.29, 0.717) is 22.3 Å². The third-order valence-electron chi connectivity index (χ3n) is 5.67. The zero-order valence-corrected chi connectivity index (χ0v) is 17.1. The molecule has 1 aliphatic heterocycles. The largest absolute Gasteiger partial charge is 0.484 e. The topological polar surface area (TPSA) is 59.8 Å². The number of benzene rings is 3. The Hall–Kier alpha value is -3.86. The first-order chi connectivity index (χ1) is 15.1. The lowest BCUT2D eigenvalue weighted by Crippen LogP contribution is -2.39. The van der Waals surface area contributed by atoms with Crippen molar-refractivity contribution in [2.24, 2.45) is 0 Å². The number of nitrogens with zero attached hydrogens (tertiary/aromatic N) is 1. The smallest absolute Gasteiger partial charge is 0.265 e. The first kappa shape index (κ1) is 19.1. The van der Waals surface area contributed by atoms with Gasteiger partial charge in [0.25, 0.3) is 5.91 Å². The van der Waals surface area contributed by atoms with Crippen LogP contribution in [0.4, 0.5) is 5.69 Å². The van der Waals surface area contributed by atoms with Gasteiger partial charge in [-0.25, -0.2) is 0 Å². The average molecular weight is 411 g/mol. The van der Waals surface area contributed by atoms with E-state index < -0.39 is 0 Å². The Morgan fingerprint density at radius 1 is 1.06 bits per heavy atom. The molecule has 2 heterocycles. The average Bonchev–Trinajstić information content (AvgIpc) is 3.14. The second-order valence-corrected chi connectivity index (χ2v) is 7.74. The molecule has 3 aromatic carbocycles. The highest BCUT2D eigenvalue weighted by Gasteiger charge is 2.30. The molecule has 0 radical (unpaired) electrons. The summed E-state index contributed by atoms with van der Waals surface area (Å²) in [5, 5.41) is 0.474. The molecule has 31 heavy (non-hydrogen) atoms. The summed E-state index contributed by atoms with van der Waals surface area (Å²) in [5.41, 5.74) is 3.77. The lowest BCUT2D eigenvalue weighted by molar-refractivity contribution is -0.120. The van der Waals surface area contributed by atoms with Crippen LogP contribution in [0.25, 0.3) is 22.1 Å². The molecule has 0 aliphatic carbocycles. The van der Waals surface area contributed by atoms with E-state index in [1.165, 1.54) is 11.8 Å². The Bertz CT molecular complexity index is 1330. The Morgan fingerprint density at radius 2 is 1.84 bits per heavy atom. The molecule has 5 heteroatoms. The summed E-state index contributed by atoms with van der Waals surface area (Å²) in [7, 11) is 0. The van der Waals surface area contributed by atoms with Crippen LogP contribution in [-0.4, -0.2) is 18.6 Å². The monoisotopic (exact) mass is 411 g/mol. The predicted molar refractivity (Wildman–Crippen MR) is 121 cm³/mol. The maximum Gasteiger partial charge on any atom is 0.265 e. The van der Waals surface area contributed by atoms with E-state index in [4.69, 9.17) is 9.15 Å². The minimum Gasteiger partial charge on any atom is -0.484 e. The molecule has 0 spiro atoms. The Labute approximate surface area is 179 Å². The second kappa shape index (κ2) is 7.76. The molecular formula is C26H21NO4. The van der Waals surface area contributed by atoms with Crippen LogP contribution in [0, 0.1) is 0 Å². The molecule has 0 bridgehead atoms. The third-order valence-corrected chi connectivity index (χ3v) is 5.67. The van der Waals surface area contributed by atoms with E-state index in [1.807, 2.05) is 55.5 Å². The maximum absolute atomic E-state index is 12.9. The molecule has 0 fully saturated rings. The summed E-state index contributed by atoms with van der Waals surface area (Å²) < 4.78 is 11.5. The van der Waals surface area contributed by atoms with E-state index in [0.717, 1.165) is 17.7 Å². The minimum atomic E-state index is -0.0995. The van der Waals surface area contributed by atoms with Crippen LogP contribution in [0.1, 0.15) is 12.5 Å². The molecular weight excluding hydrogens is 390 g/mol. The highest BCUT2D eigenvalue weighted by Crippen LogP contribution is 2.32. The summed E-state index contributed by atoms with van der Waals surface area (Å²) >= 11 is 0. The number of hydrogen-bond donors (Lipinski definition) is 0. The molecule has 0 unspecified atom stereocenters. The van der Waals surface area contributed by atoms with Crippen LogP contribution in [0.2, 0.25) is 0 Å². The van der Waals surface area contributed by atoms with Crippen LogP contribution in [0.5, 0.6) is 5.75 Å². The van der Waals surface area contributed by atoms with E-state index >= 15 is 0 Å². The van der Waals surface area contributed by atoms with Gasteiger partial charge in [-0.2, -0.15) is 0 Å². The maximum atomic E-state index is 12.9. The summed E-state index contributed by atoms with van der Waals surface area (Å²) in [6.45, 7) is 1.95. The number of carbonyl (C=O) groups is 1. The molecule has 1 aromatic heterocycles. The first-order valence-corrected chi connectivity index (χ1v) is 10.3. The third kappa shape index (κ3) is 3.48. The highest BCUT2D eigenvalue weighted by atomic mass is 16.5. The fraction of sp³-hybridized carbons (Fsp3) is 0.154. The number of ether oxygens (including phenoxy) is 1. The molecule has 0 saturated heterocycles. The van der Waals surface area contributed by atoms with Crippen LogP contribution in [0.3, 0.4) is 0 Å². The van der Waals surface area contributed by atoms with Crippen molar-refractivity contribution in [2.75, 3.05) is 11.5 Å².